The van der Waals surface area contributed by atoms with Crippen molar-refractivity contribution >= 4 is 0 Å². The zero-order valence-corrected chi connectivity index (χ0v) is 14.4. The molecular formula is C20H17NO5. The number of methoxy groups -OCH3 is 2. The lowest BCUT2D eigenvalue weighted by Crippen LogP contribution is -2.06. The Morgan fingerprint density at radius 3 is 2.54 bits per heavy atom. The smallest absolute Gasteiger partial charge is 0.249 e. The van der Waals surface area contributed by atoms with Gasteiger partial charge in [-0.25, -0.2) is 0 Å². The van der Waals surface area contributed by atoms with Gasteiger partial charge in [0, 0.05) is 17.7 Å². The fourth-order valence-electron chi connectivity index (χ4n) is 2.95. The van der Waals surface area contributed by atoms with E-state index < -0.39 is 0 Å². The zero-order valence-electron chi connectivity index (χ0n) is 14.4. The Kier molecular flexibility index (Phi) is 4.01. The summed E-state index contributed by atoms with van der Waals surface area (Å²) in [6.07, 6.45) is 0. The molecule has 0 unspecified atom stereocenters. The van der Waals surface area contributed by atoms with Crippen LogP contribution in [-0.4, -0.2) is 26.0 Å². The van der Waals surface area contributed by atoms with Gasteiger partial charge in [0.25, 0.3) is 0 Å². The number of H-pyrrole nitrogens is 1. The molecule has 1 aromatic heterocycles. The number of rotatable bonds is 4. The predicted molar refractivity (Wildman–Crippen MR) is 97.2 cm³/mol. The van der Waals surface area contributed by atoms with Gasteiger partial charge < -0.3 is 23.9 Å². The minimum absolute atomic E-state index is 0.201. The largest absolute Gasteiger partial charge is 0.497 e. The summed E-state index contributed by atoms with van der Waals surface area (Å²) in [5.41, 5.74) is 2.87. The molecule has 0 radical (unpaired) electrons. The summed E-state index contributed by atoms with van der Waals surface area (Å²) in [7, 11) is 3.18. The molecule has 2 aromatic carbocycles. The number of hydrogen-bond acceptors (Lipinski definition) is 5. The SMILES string of the molecule is COc1ccc(-c2cc(-c3ccc4c(c3)OCO4)cc(=O)[nH]2)c(OC)c1. The quantitative estimate of drug-likeness (QED) is 0.780. The fraction of sp³-hybridized carbons (Fsp3) is 0.150. The summed E-state index contributed by atoms with van der Waals surface area (Å²) in [5, 5.41) is 0. The van der Waals surface area contributed by atoms with Gasteiger partial charge in [0.05, 0.1) is 19.9 Å². The van der Waals surface area contributed by atoms with Gasteiger partial charge in [-0.2, -0.15) is 0 Å². The molecule has 6 heteroatoms. The van der Waals surface area contributed by atoms with Crippen molar-refractivity contribution in [2.45, 2.75) is 0 Å². The molecule has 0 atom stereocenters. The molecule has 2 heterocycles. The molecule has 6 nitrogen and oxygen atoms in total. The Labute approximate surface area is 149 Å². The number of pyridine rings is 1. The van der Waals surface area contributed by atoms with E-state index in [1.54, 1.807) is 26.4 Å². The highest BCUT2D eigenvalue weighted by atomic mass is 16.7. The van der Waals surface area contributed by atoms with Crippen molar-refractivity contribution in [3.8, 4) is 45.4 Å². The second-order valence-corrected chi connectivity index (χ2v) is 5.78. The highest BCUT2D eigenvalue weighted by molar-refractivity contribution is 5.75. The molecule has 1 aliphatic rings. The summed E-state index contributed by atoms with van der Waals surface area (Å²) < 4.78 is 21.4. The third-order valence-electron chi connectivity index (χ3n) is 4.25. The topological polar surface area (TPSA) is 69.8 Å². The van der Waals surface area contributed by atoms with Gasteiger partial charge in [-0.3, -0.25) is 4.79 Å². The normalized spacial score (nSPS) is 12.1. The van der Waals surface area contributed by atoms with Gasteiger partial charge in [-0.15, -0.1) is 0 Å². The maximum absolute atomic E-state index is 12.2. The highest BCUT2D eigenvalue weighted by Crippen LogP contribution is 2.37. The lowest BCUT2D eigenvalue weighted by molar-refractivity contribution is 0.174. The van der Waals surface area contributed by atoms with Gasteiger partial charge in [-0.1, -0.05) is 6.07 Å². The van der Waals surface area contributed by atoms with Crippen LogP contribution in [0.3, 0.4) is 0 Å². The molecule has 0 bridgehead atoms. The Morgan fingerprint density at radius 2 is 1.73 bits per heavy atom. The third-order valence-corrected chi connectivity index (χ3v) is 4.25. The van der Waals surface area contributed by atoms with Gasteiger partial charge >= 0.3 is 0 Å². The fourth-order valence-corrected chi connectivity index (χ4v) is 2.95. The molecule has 0 aliphatic carbocycles. The van der Waals surface area contributed by atoms with Gasteiger partial charge in [0.2, 0.25) is 12.4 Å². The van der Waals surface area contributed by atoms with Gasteiger partial charge in [-0.05, 0) is 41.5 Å². The number of hydrogen-bond donors (Lipinski definition) is 1. The first-order valence-electron chi connectivity index (χ1n) is 8.05. The molecule has 0 spiro atoms. The van der Waals surface area contributed by atoms with Crippen LogP contribution in [0.4, 0.5) is 0 Å². The van der Waals surface area contributed by atoms with E-state index in [1.165, 1.54) is 0 Å². The van der Waals surface area contributed by atoms with Crippen molar-refractivity contribution in [1.82, 2.24) is 4.98 Å². The number of fused-ring (bicyclic) bond motifs is 1. The first kappa shape index (κ1) is 16.1. The lowest BCUT2D eigenvalue weighted by atomic mass is 10.0. The van der Waals surface area contributed by atoms with Crippen molar-refractivity contribution in [1.29, 1.82) is 0 Å². The van der Waals surface area contributed by atoms with E-state index in [1.807, 2.05) is 36.4 Å². The first-order chi connectivity index (χ1) is 12.7. The molecular weight excluding hydrogens is 334 g/mol. The standard InChI is InChI=1S/C20H17NO5/c1-23-14-4-5-15(18(10-14)24-2)16-7-13(9-20(22)21-16)12-3-6-17-19(8-12)26-11-25-17/h3-10H,11H2,1-2H3,(H,21,22). The van der Waals surface area contributed by atoms with Crippen LogP contribution in [0, 0.1) is 0 Å². The maximum atomic E-state index is 12.2. The van der Waals surface area contributed by atoms with Crippen molar-refractivity contribution < 1.29 is 18.9 Å². The minimum atomic E-state index is -0.201. The summed E-state index contributed by atoms with van der Waals surface area (Å²) in [4.78, 5) is 15.1. The Balaban J connectivity index is 1.81. The Bertz CT molecular complexity index is 1020. The zero-order chi connectivity index (χ0) is 18.1. The van der Waals surface area contributed by atoms with Crippen LogP contribution < -0.4 is 24.5 Å². The summed E-state index contributed by atoms with van der Waals surface area (Å²) in [6.45, 7) is 0.211. The second kappa shape index (κ2) is 6.48. The van der Waals surface area contributed by atoms with Crippen molar-refractivity contribution in [2.24, 2.45) is 0 Å². The number of aromatic amines is 1. The molecule has 3 aromatic rings. The molecule has 0 saturated heterocycles. The van der Waals surface area contributed by atoms with Crippen molar-refractivity contribution in [2.75, 3.05) is 21.0 Å². The van der Waals surface area contributed by atoms with E-state index in [4.69, 9.17) is 18.9 Å². The van der Waals surface area contributed by atoms with Crippen LogP contribution in [0.25, 0.3) is 22.4 Å². The van der Waals surface area contributed by atoms with Crippen molar-refractivity contribution in [3.63, 3.8) is 0 Å². The van der Waals surface area contributed by atoms with E-state index in [0.29, 0.717) is 28.7 Å². The van der Waals surface area contributed by atoms with Crippen molar-refractivity contribution in [3.05, 3.63) is 58.9 Å². The number of benzene rings is 2. The molecule has 0 fully saturated rings. The Morgan fingerprint density at radius 1 is 0.885 bits per heavy atom. The molecule has 0 saturated carbocycles. The third kappa shape index (κ3) is 2.86. The maximum Gasteiger partial charge on any atom is 0.249 e. The molecule has 4 rings (SSSR count). The molecule has 0 amide bonds. The minimum Gasteiger partial charge on any atom is -0.497 e. The van der Waals surface area contributed by atoms with E-state index in [9.17, 15) is 4.79 Å². The molecule has 1 aliphatic heterocycles. The van der Waals surface area contributed by atoms with Crippen LogP contribution in [0.15, 0.2) is 53.3 Å². The van der Waals surface area contributed by atoms with E-state index in [0.717, 1.165) is 16.7 Å². The monoisotopic (exact) mass is 351 g/mol. The van der Waals surface area contributed by atoms with Crippen LogP contribution in [-0.2, 0) is 0 Å². The summed E-state index contributed by atoms with van der Waals surface area (Å²) in [6, 6.07) is 14.5. The Hall–Kier alpha value is -3.41. The average molecular weight is 351 g/mol. The molecule has 132 valence electrons. The lowest BCUT2D eigenvalue weighted by Gasteiger charge is -2.12. The number of nitrogens with one attached hydrogen (secondary N) is 1. The van der Waals surface area contributed by atoms with Crippen LogP contribution in [0.1, 0.15) is 0 Å². The highest BCUT2D eigenvalue weighted by Gasteiger charge is 2.15. The summed E-state index contributed by atoms with van der Waals surface area (Å²) in [5.74, 6) is 2.67. The number of ether oxygens (including phenoxy) is 4. The predicted octanol–water partition coefficient (Wildman–Crippen LogP) is 3.45. The second-order valence-electron chi connectivity index (χ2n) is 5.78. The van der Waals surface area contributed by atoms with Crippen LogP contribution in [0.2, 0.25) is 0 Å². The summed E-state index contributed by atoms with van der Waals surface area (Å²) >= 11 is 0. The number of aromatic nitrogens is 1. The molecule has 1 N–H and O–H groups in total. The molecule has 26 heavy (non-hydrogen) atoms. The van der Waals surface area contributed by atoms with E-state index in [-0.39, 0.29) is 12.4 Å². The van der Waals surface area contributed by atoms with E-state index in [2.05, 4.69) is 4.98 Å². The average Bonchev–Trinajstić information content (AvgIpc) is 3.14. The first-order valence-corrected chi connectivity index (χ1v) is 8.05. The van der Waals surface area contributed by atoms with E-state index >= 15 is 0 Å². The van der Waals surface area contributed by atoms with Gasteiger partial charge in [0.1, 0.15) is 11.5 Å². The van der Waals surface area contributed by atoms with Crippen LogP contribution in [0.5, 0.6) is 23.0 Å². The van der Waals surface area contributed by atoms with Crippen LogP contribution >= 0.6 is 0 Å². The van der Waals surface area contributed by atoms with Gasteiger partial charge in [0.15, 0.2) is 11.5 Å².